The Bertz CT molecular complexity index is 1090. The van der Waals surface area contributed by atoms with Gasteiger partial charge in [-0.1, -0.05) is 48.5 Å². The van der Waals surface area contributed by atoms with Crippen molar-refractivity contribution >= 4 is 51.5 Å². The molecule has 1 aliphatic heterocycles. The van der Waals surface area contributed by atoms with Gasteiger partial charge in [0.15, 0.2) is 0 Å². The summed E-state index contributed by atoms with van der Waals surface area (Å²) >= 11 is 2.63. The molecule has 1 aliphatic rings. The zero-order valence-corrected chi connectivity index (χ0v) is 17.5. The summed E-state index contributed by atoms with van der Waals surface area (Å²) < 4.78 is 5.88. The molecule has 0 unspecified atom stereocenters. The second-order valence-electron chi connectivity index (χ2n) is 6.43. The van der Waals surface area contributed by atoms with E-state index in [0.717, 1.165) is 38.7 Å². The smallest absolute Gasteiger partial charge is 0.293 e. The van der Waals surface area contributed by atoms with Gasteiger partial charge < -0.3 is 4.74 Å². The van der Waals surface area contributed by atoms with Crippen molar-refractivity contribution in [2.75, 3.05) is 19.4 Å². The second-order valence-corrected chi connectivity index (χ2v) is 8.31. The van der Waals surface area contributed by atoms with E-state index in [-0.39, 0.29) is 24.3 Å². The fraction of sp³-hybridized carbons (Fsp3) is 0.130. The molecule has 1 saturated heterocycles. The summed E-state index contributed by atoms with van der Waals surface area (Å²) in [5, 5.41) is 1.84. The highest BCUT2D eigenvalue weighted by Gasteiger charge is 2.34. The van der Waals surface area contributed by atoms with E-state index in [4.69, 9.17) is 4.74 Å². The molecular weight excluding hydrogens is 402 g/mol. The highest BCUT2D eigenvalue weighted by atomic mass is 32.2. The first kappa shape index (κ1) is 19.6. The molecule has 6 heteroatoms. The van der Waals surface area contributed by atoms with Crippen molar-refractivity contribution in [2.24, 2.45) is 0 Å². The summed E-state index contributed by atoms with van der Waals surface area (Å²) in [5.74, 6) is 0.481. The molecule has 2 amide bonds. The van der Waals surface area contributed by atoms with Crippen LogP contribution in [0.2, 0.25) is 0 Å². The fourth-order valence-corrected chi connectivity index (χ4v) is 4.39. The number of carbonyl (C=O) groups excluding carboxylic acids is 2. The maximum absolute atomic E-state index is 12.7. The monoisotopic (exact) mass is 421 g/mol. The predicted molar refractivity (Wildman–Crippen MR) is 120 cm³/mol. The second kappa shape index (κ2) is 8.76. The van der Waals surface area contributed by atoms with Crippen LogP contribution in [0, 0.1) is 0 Å². The van der Waals surface area contributed by atoms with Gasteiger partial charge in [-0.2, -0.15) is 0 Å². The van der Waals surface area contributed by atoms with Crippen molar-refractivity contribution in [1.82, 2.24) is 4.90 Å². The van der Waals surface area contributed by atoms with Gasteiger partial charge in [0.25, 0.3) is 11.1 Å². The molecule has 146 valence electrons. The number of hydrogen-bond acceptors (Lipinski definition) is 5. The van der Waals surface area contributed by atoms with Gasteiger partial charge in [-0.25, -0.2) is 0 Å². The largest absolute Gasteiger partial charge is 0.491 e. The molecule has 0 spiro atoms. The molecular formula is C23H19NO3S2. The lowest BCUT2D eigenvalue weighted by Gasteiger charge is -2.14. The predicted octanol–water partition coefficient (Wildman–Crippen LogP) is 5.68. The van der Waals surface area contributed by atoms with E-state index in [0.29, 0.717) is 4.91 Å². The molecule has 0 bridgehead atoms. The maximum Gasteiger partial charge on any atom is 0.293 e. The van der Waals surface area contributed by atoms with Crippen LogP contribution in [-0.2, 0) is 4.79 Å². The van der Waals surface area contributed by atoms with Gasteiger partial charge in [0, 0.05) is 10.3 Å². The van der Waals surface area contributed by atoms with Crippen molar-refractivity contribution in [3.63, 3.8) is 0 Å². The Morgan fingerprint density at radius 2 is 1.76 bits per heavy atom. The van der Waals surface area contributed by atoms with Crippen LogP contribution in [0.25, 0.3) is 16.8 Å². The third-order valence-corrected chi connectivity index (χ3v) is 6.26. The van der Waals surface area contributed by atoms with Crippen LogP contribution in [0.1, 0.15) is 5.56 Å². The summed E-state index contributed by atoms with van der Waals surface area (Å²) in [7, 11) is 0. The molecule has 0 N–H and O–H groups in total. The standard InChI is InChI=1S/C23H19NO3S2/c1-28-18-11-9-16(10-12-18)15-21-22(25)24(23(26)29-21)13-14-27-20-8-4-6-17-5-2-3-7-19(17)20/h2-12,15H,13-14H2,1H3/b21-15-. The summed E-state index contributed by atoms with van der Waals surface area (Å²) in [5.41, 5.74) is 0.903. The number of hydrogen-bond donors (Lipinski definition) is 0. The van der Waals surface area contributed by atoms with E-state index in [1.807, 2.05) is 73.0 Å². The third-order valence-electron chi connectivity index (χ3n) is 4.61. The molecule has 1 heterocycles. The van der Waals surface area contributed by atoms with Gasteiger partial charge in [-0.3, -0.25) is 14.5 Å². The first-order chi connectivity index (χ1) is 14.2. The first-order valence-electron chi connectivity index (χ1n) is 9.16. The van der Waals surface area contributed by atoms with Crippen LogP contribution >= 0.6 is 23.5 Å². The molecule has 0 aromatic heterocycles. The Hall–Kier alpha value is -2.70. The Morgan fingerprint density at radius 3 is 2.55 bits per heavy atom. The van der Waals surface area contributed by atoms with E-state index in [2.05, 4.69) is 0 Å². The Morgan fingerprint density at radius 1 is 1.00 bits per heavy atom. The van der Waals surface area contributed by atoms with Gasteiger partial charge in [0.05, 0.1) is 11.4 Å². The van der Waals surface area contributed by atoms with E-state index in [1.165, 1.54) is 4.90 Å². The van der Waals surface area contributed by atoms with Crippen LogP contribution in [0.3, 0.4) is 0 Å². The normalized spacial score (nSPS) is 15.5. The average Bonchev–Trinajstić information content (AvgIpc) is 3.02. The highest BCUT2D eigenvalue weighted by Crippen LogP contribution is 2.32. The van der Waals surface area contributed by atoms with E-state index in [1.54, 1.807) is 17.8 Å². The summed E-state index contributed by atoms with van der Waals surface area (Å²) in [6.07, 6.45) is 3.78. The number of carbonyl (C=O) groups is 2. The molecule has 0 radical (unpaired) electrons. The first-order valence-corrected chi connectivity index (χ1v) is 11.2. The molecule has 4 rings (SSSR count). The van der Waals surface area contributed by atoms with Crippen molar-refractivity contribution in [3.05, 3.63) is 77.2 Å². The lowest BCUT2D eigenvalue weighted by Crippen LogP contribution is -2.32. The Balaban J connectivity index is 1.42. The van der Waals surface area contributed by atoms with Gasteiger partial charge >= 0.3 is 0 Å². The summed E-state index contributed by atoms with van der Waals surface area (Å²) in [6, 6.07) is 21.7. The number of benzene rings is 3. The molecule has 0 aliphatic carbocycles. The number of amides is 2. The molecule has 1 fully saturated rings. The molecule has 0 saturated carbocycles. The number of imide groups is 1. The van der Waals surface area contributed by atoms with Gasteiger partial charge in [0.2, 0.25) is 0 Å². The van der Waals surface area contributed by atoms with Crippen LogP contribution in [-0.4, -0.2) is 35.5 Å². The fourth-order valence-electron chi connectivity index (χ4n) is 3.11. The van der Waals surface area contributed by atoms with Crippen molar-refractivity contribution in [2.45, 2.75) is 4.90 Å². The molecule has 3 aromatic rings. The SMILES string of the molecule is CSc1ccc(/C=C2\SC(=O)N(CCOc3cccc4ccccc34)C2=O)cc1. The minimum Gasteiger partial charge on any atom is -0.491 e. The molecule has 0 atom stereocenters. The van der Waals surface area contributed by atoms with Crippen LogP contribution in [0.15, 0.2) is 76.5 Å². The van der Waals surface area contributed by atoms with Gasteiger partial charge in [-0.15, -0.1) is 11.8 Å². The molecule has 29 heavy (non-hydrogen) atoms. The van der Waals surface area contributed by atoms with Crippen molar-refractivity contribution in [3.8, 4) is 5.75 Å². The minimum absolute atomic E-state index is 0.219. The number of ether oxygens (including phenoxy) is 1. The minimum atomic E-state index is -0.268. The van der Waals surface area contributed by atoms with E-state index < -0.39 is 0 Å². The highest BCUT2D eigenvalue weighted by molar-refractivity contribution is 8.18. The number of fused-ring (bicyclic) bond motifs is 1. The number of rotatable bonds is 6. The van der Waals surface area contributed by atoms with Gasteiger partial charge in [-0.05, 0) is 53.2 Å². The topological polar surface area (TPSA) is 46.6 Å². The zero-order valence-electron chi connectivity index (χ0n) is 15.8. The lowest BCUT2D eigenvalue weighted by molar-refractivity contribution is -0.123. The zero-order chi connectivity index (χ0) is 20.2. The quantitative estimate of drug-likeness (QED) is 0.379. The van der Waals surface area contributed by atoms with E-state index >= 15 is 0 Å². The number of thioether (sulfide) groups is 2. The number of nitrogens with zero attached hydrogens (tertiary/aromatic N) is 1. The summed E-state index contributed by atoms with van der Waals surface area (Å²) in [4.78, 5) is 27.8. The van der Waals surface area contributed by atoms with Gasteiger partial charge in [0.1, 0.15) is 12.4 Å². The Labute approximate surface area is 177 Å². The van der Waals surface area contributed by atoms with Crippen molar-refractivity contribution < 1.29 is 14.3 Å². The maximum atomic E-state index is 12.7. The molecule has 4 nitrogen and oxygen atoms in total. The average molecular weight is 422 g/mol. The molecule has 3 aromatic carbocycles. The Kier molecular flexibility index (Phi) is 5.92. The van der Waals surface area contributed by atoms with Crippen LogP contribution < -0.4 is 4.74 Å². The van der Waals surface area contributed by atoms with Crippen molar-refractivity contribution in [1.29, 1.82) is 0 Å². The van der Waals surface area contributed by atoms with Crippen LogP contribution in [0.5, 0.6) is 5.75 Å². The lowest BCUT2D eigenvalue weighted by atomic mass is 10.1. The third kappa shape index (κ3) is 4.33. The summed E-state index contributed by atoms with van der Waals surface area (Å²) in [6.45, 7) is 0.471. The van der Waals surface area contributed by atoms with Crippen LogP contribution in [0.4, 0.5) is 4.79 Å². The van der Waals surface area contributed by atoms with E-state index in [9.17, 15) is 9.59 Å².